The van der Waals surface area contributed by atoms with E-state index < -0.39 is 23.4 Å². The van der Waals surface area contributed by atoms with Crippen molar-refractivity contribution in [2.24, 2.45) is 0 Å². The number of rotatable bonds is 7. The average Bonchev–Trinajstić information content (AvgIpc) is 2.80. The molecule has 2 heterocycles. The number of amides is 1. The summed E-state index contributed by atoms with van der Waals surface area (Å²) in [6, 6.07) is 9.26. The molecule has 7 nitrogen and oxygen atoms in total. The van der Waals surface area contributed by atoms with E-state index in [2.05, 4.69) is 15.2 Å². The van der Waals surface area contributed by atoms with Gasteiger partial charge in [0.2, 0.25) is 0 Å². The first-order valence-corrected chi connectivity index (χ1v) is 11.6. The molecule has 1 fully saturated rings. The molecular formula is C25H27ClFN3O4. The van der Waals surface area contributed by atoms with E-state index in [0.29, 0.717) is 11.6 Å². The average molecular weight is 488 g/mol. The van der Waals surface area contributed by atoms with Crippen molar-refractivity contribution in [3.8, 4) is 5.75 Å². The SMILES string of the molecule is Cc1cc(Cl)ccc1OC1CCN(CC(O)CNC(=O)c2c[nH]c(=O)c3ccc(F)cc23)CC1. The Hall–Kier alpha value is -2.94. The van der Waals surface area contributed by atoms with Gasteiger partial charge in [0, 0.05) is 48.2 Å². The number of fused-ring (bicyclic) bond motifs is 1. The van der Waals surface area contributed by atoms with Gasteiger partial charge in [-0.05, 0) is 61.7 Å². The summed E-state index contributed by atoms with van der Waals surface area (Å²) in [6.07, 6.45) is 2.25. The van der Waals surface area contributed by atoms with Gasteiger partial charge in [0.05, 0.1) is 11.7 Å². The molecule has 0 spiro atoms. The summed E-state index contributed by atoms with van der Waals surface area (Å²) in [4.78, 5) is 29.2. The topological polar surface area (TPSA) is 94.7 Å². The third kappa shape index (κ3) is 5.75. The smallest absolute Gasteiger partial charge is 0.255 e. The van der Waals surface area contributed by atoms with E-state index in [1.807, 2.05) is 25.1 Å². The number of carbonyl (C=O) groups excluding carboxylic acids is 1. The zero-order valence-corrected chi connectivity index (χ0v) is 19.6. The molecule has 3 N–H and O–H groups in total. The lowest BCUT2D eigenvalue weighted by Crippen LogP contribution is -2.45. The molecule has 1 aliphatic heterocycles. The Bertz CT molecular complexity index is 1240. The maximum absolute atomic E-state index is 13.7. The van der Waals surface area contributed by atoms with Crippen molar-refractivity contribution in [3.05, 3.63) is 74.9 Å². The van der Waals surface area contributed by atoms with Crippen molar-refractivity contribution in [1.29, 1.82) is 0 Å². The van der Waals surface area contributed by atoms with Gasteiger partial charge in [-0.3, -0.25) is 9.59 Å². The van der Waals surface area contributed by atoms with Gasteiger partial charge >= 0.3 is 0 Å². The number of benzene rings is 2. The van der Waals surface area contributed by atoms with Crippen molar-refractivity contribution >= 4 is 28.3 Å². The lowest BCUT2D eigenvalue weighted by Gasteiger charge is -2.33. The molecule has 1 atom stereocenters. The highest BCUT2D eigenvalue weighted by Crippen LogP contribution is 2.25. The largest absolute Gasteiger partial charge is 0.490 e. The lowest BCUT2D eigenvalue weighted by molar-refractivity contribution is 0.0592. The molecule has 34 heavy (non-hydrogen) atoms. The predicted molar refractivity (Wildman–Crippen MR) is 129 cm³/mol. The number of H-pyrrole nitrogens is 1. The molecule has 3 aromatic rings. The molecule has 1 aromatic heterocycles. The van der Waals surface area contributed by atoms with Gasteiger partial charge in [-0.25, -0.2) is 4.39 Å². The Morgan fingerprint density at radius 2 is 2.03 bits per heavy atom. The number of aryl methyl sites for hydroxylation is 1. The summed E-state index contributed by atoms with van der Waals surface area (Å²) in [6.45, 7) is 3.95. The number of pyridine rings is 1. The van der Waals surface area contributed by atoms with E-state index in [0.717, 1.165) is 43.3 Å². The lowest BCUT2D eigenvalue weighted by atomic mass is 10.1. The zero-order chi connectivity index (χ0) is 24.2. The van der Waals surface area contributed by atoms with Crippen molar-refractivity contribution in [3.63, 3.8) is 0 Å². The maximum atomic E-state index is 13.7. The van der Waals surface area contributed by atoms with Gasteiger partial charge in [0.25, 0.3) is 11.5 Å². The fraction of sp³-hybridized carbons (Fsp3) is 0.360. The summed E-state index contributed by atoms with van der Waals surface area (Å²) in [5.41, 5.74) is 0.751. The van der Waals surface area contributed by atoms with E-state index in [-0.39, 0.29) is 29.0 Å². The van der Waals surface area contributed by atoms with Crippen LogP contribution >= 0.6 is 11.6 Å². The minimum absolute atomic E-state index is 0.0369. The number of hydrogen-bond donors (Lipinski definition) is 3. The van der Waals surface area contributed by atoms with Crippen molar-refractivity contribution in [1.82, 2.24) is 15.2 Å². The number of aliphatic hydroxyl groups excluding tert-OH is 1. The van der Waals surface area contributed by atoms with E-state index in [4.69, 9.17) is 16.3 Å². The molecule has 0 radical (unpaired) electrons. The van der Waals surface area contributed by atoms with Gasteiger partial charge in [-0.15, -0.1) is 0 Å². The van der Waals surface area contributed by atoms with Gasteiger partial charge in [-0.1, -0.05) is 11.6 Å². The highest BCUT2D eigenvalue weighted by molar-refractivity contribution is 6.30. The predicted octanol–water partition coefficient (Wildman–Crippen LogP) is 3.26. The van der Waals surface area contributed by atoms with Gasteiger partial charge in [0.15, 0.2) is 0 Å². The van der Waals surface area contributed by atoms with Crippen LogP contribution < -0.4 is 15.6 Å². The van der Waals surface area contributed by atoms with Gasteiger partial charge in [0.1, 0.15) is 17.7 Å². The quantitative estimate of drug-likeness (QED) is 0.475. The number of β-amino-alcohol motifs (C(OH)–C–C–N with tert-alkyl or cyclic N) is 1. The fourth-order valence-electron chi connectivity index (χ4n) is 4.22. The molecule has 2 aromatic carbocycles. The number of carbonyl (C=O) groups is 1. The summed E-state index contributed by atoms with van der Waals surface area (Å²) in [5, 5.41) is 14.3. The molecule has 1 unspecified atom stereocenters. The van der Waals surface area contributed by atoms with E-state index in [1.165, 1.54) is 18.3 Å². The van der Waals surface area contributed by atoms with E-state index in [9.17, 15) is 19.1 Å². The number of aliphatic hydroxyl groups is 1. The van der Waals surface area contributed by atoms with Crippen molar-refractivity contribution in [2.45, 2.75) is 32.0 Å². The molecule has 9 heteroatoms. The summed E-state index contributed by atoms with van der Waals surface area (Å²) in [5.74, 6) is -0.192. The summed E-state index contributed by atoms with van der Waals surface area (Å²) in [7, 11) is 0. The van der Waals surface area contributed by atoms with Crippen LogP contribution in [0.25, 0.3) is 10.8 Å². The number of ether oxygens (including phenoxy) is 1. The van der Waals surface area contributed by atoms with E-state index >= 15 is 0 Å². The molecule has 0 saturated carbocycles. The molecule has 0 bridgehead atoms. The maximum Gasteiger partial charge on any atom is 0.255 e. The molecular weight excluding hydrogens is 461 g/mol. The second kappa shape index (κ2) is 10.5. The normalized spacial score (nSPS) is 15.9. The Labute approximate surface area is 201 Å². The van der Waals surface area contributed by atoms with Crippen LogP contribution in [0.15, 0.2) is 47.4 Å². The Morgan fingerprint density at radius 3 is 2.76 bits per heavy atom. The van der Waals surface area contributed by atoms with Crippen LogP contribution in [0.2, 0.25) is 5.02 Å². The number of nitrogens with one attached hydrogen (secondary N) is 2. The van der Waals surface area contributed by atoms with E-state index in [1.54, 1.807) is 0 Å². The standard InChI is InChI=1S/C25H27ClFN3O4/c1-15-10-16(26)2-5-23(15)34-19-6-8-30(9-7-19)14-18(31)12-28-25(33)22-13-29-24(32)20-4-3-17(27)11-21(20)22/h2-5,10-11,13,18-19,31H,6-9,12,14H2,1H3,(H,28,33)(H,29,32). The van der Waals surface area contributed by atoms with Crippen LogP contribution in [0, 0.1) is 12.7 Å². The third-order valence-corrected chi connectivity index (χ3v) is 6.28. The molecule has 1 saturated heterocycles. The fourth-order valence-corrected chi connectivity index (χ4v) is 4.45. The summed E-state index contributed by atoms with van der Waals surface area (Å²) < 4.78 is 19.8. The van der Waals surface area contributed by atoms with Gasteiger partial charge < -0.3 is 25.0 Å². The van der Waals surface area contributed by atoms with Crippen molar-refractivity contribution in [2.75, 3.05) is 26.2 Å². The Kier molecular flexibility index (Phi) is 7.50. The third-order valence-electron chi connectivity index (χ3n) is 6.04. The number of piperidine rings is 1. The number of aromatic nitrogens is 1. The highest BCUT2D eigenvalue weighted by Gasteiger charge is 2.23. The molecule has 1 amide bonds. The van der Waals surface area contributed by atoms with Crippen LogP contribution in [-0.4, -0.2) is 59.3 Å². The minimum atomic E-state index is -0.773. The second-order valence-corrected chi connectivity index (χ2v) is 9.05. The van der Waals surface area contributed by atoms with Crippen molar-refractivity contribution < 1.29 is 19.0 Å². The number of hydrogen-bond acceptors (Lipinski definition) is 5. The zero-order valence-electron chi connectivity index (χ0n) is 18.8. The number of halogens is 2. The van der Waals surface area contributed by atoms with Crippen LogP contribution in [0.4, 0.5) is 4.39 Å². The molecule has 0 aliphatic carbocycles. The first kappa shape index (κ1) is 24.2. The minimum Gasteiger partial charge on any atom is -0.490 e. The Balaban J connectivity index is 1.26. The molecule has 180 valence electrons. The van der Waals surface area contributed by atoms with Crippen LogP contribution in [-0.2, 0) is 0 Å². The molecule has 1 aliphatic rings. The first-order chi connectivity index (χ1) is 16.3. The van der Waals surface area contributed by atoms with Crippen LogP contribution in [0.1, 0.15) is 28.8 Å². The first-order valence-electron chi connectivity index (χ1n) is 11.2. The Morgan fingerprint density at radius 1 is 1.26 bits per heavy atom. The number of likely N-dealkylation sites (tertiary alicyclic amines) is 1. The second-order valence-electron chi connectivity index (χ2n) is 8.61. The van der Waals surface area contributed by atoms with Crippen LogP contribution in [0.3, 0.4) is 0 Å². The van der Waals surface area contributed by atoms with Gasteiger partial charge in [-0.2, -0.15) is 0 Å². The summed E-state index contributed by atoms with van der Waals surface area (Å²) >= 11 is 6.00. The van der Waals surface area contributed by atoms with Crippen LogP contribution in [0.5, 0.6) is 5.75 Å². The number of nitrogens with zero attached hydrogens (tertiary/aromatic N) is 1. The monoisotopic (exact) mass is 487 g/mol. The highest BCUT2D eigenvalue weighted by atomic mass is 35.5. The number of aromatic amines is 1. The molecule has 4 rings (SSSR count).